The maximum absolute atomic E-state index is 13.2. The third kappa shape index (κ3) is 7.20. The molecule has 0 saturated heterocycles. The summed E-state index contributed by atoms with van der Waals surface area (Å²) in [5.41, 5.74) is 20.4. The summed E-state index contributed by atoms with van der Waals surface area (Å²) in [6, 6.07) is 89.4. The van der Waals surface area contributed by atoms with Crippen molar-refractivity contribution in [1.82, 2.24) is 22.8 Å². The number of allylic oxidation sites excluding steroid dienone is 2. The second-order valence-corrected chi connectivity index (χ2v) is 25.3. The lowest BCUT2D eigenvalue weighted by Gasteiger charge is -2.43. The quantitative estimate of drug-likeness (QED) is 0.135. The molecule has 0 atom stereocenters. The Morgan fingerprint density at radius 3 is 1.15 bits per heavy atom. The molecule has 426 valence electrons. The molecule has 7 heteroatoms. The largest absolute Gasteiger partial charge is 0.353 e. The highest BCUT2D eigenvalue weighted by atomic mass is 15.3. The van der Waals surface area contributed by atoms with Gasteiger partial charge in [0.25, 0.3) is 0 Å². The number of benzene rings is 11. The van der Waals surface area contributed by atoms with Crippen molar-refractivity contribution in [3.05, 3.63) is 283 Å². The molecule has 0 radical (unpaired) electrons. The van der Waals surface area contributed by atoms with E-state index in [2.05, 4.69) is 325 Å². The minimum Gasteiger partial charge on any atom is -0.353 e. The molecular formula is C82H63N7. The molecule has 0 amide bonds. The van der Waals surface area contributed by atoms with Gasteiger partial charge in [0.15, 0.2) is 0 Å². The third-order valence-corrected chi connectivity index (χ3v) is 19.5. The van der Waals surface area contributed by atoms with Crippen LogP contribution in [0, 0.1) is 18.3 Å². The second-order valence-electron chi connectivity index (χ2n) is 25.3. The molecular weight excluding hydrogens is 1080 g/mol. The van der Waals surface area contributed by atoms with Gasteiger partial charge in [-0.15, -0.1) is 6.58 Å². The van der Waals surface area contributed by atoms with Gasteiger partial charge < -0.3 is 27.7 Å². The van der Waals surface area contributed by atoms with Crippen LogP contribution < -0.4 is 4.90 Å². The van der Waals surface area contributed by atoms with Crippen molar-refractivity contribution in [3.63, 3.8) is 0 Å². The lowest BCUT2D eigenvalue weighted by molar-refractivity contribution is 0.402. The summed E-state index contributed by atoms with van der Waals surface area (Å²) >= 11 is 0. The maximum Gasteiger partial charge on any atom is 0.104 e. The van der Waals surface area contributed by atoms with Crippen molar-refractivity contribution in [2.45, 2.75) is 59.0 Å². The summed E-state index contributed by atoms with van der Waals surface area (Å²) in [4.78, 5) is 2.63. The van der Waals surface area contributed by atoms with Gasteiger partial charge in [-0.25, -0.2) is 0 Å². The summed E-state index contributed by atoms with van der Waals surface area (Å²) in [7, 11) is 0. The average molecular weight is 1150 g/mol. The van der Waals surface area contributed by atoms with Crippen molar-refractivity contribution in [2.75, 3.05) is 4.90 Å². The number of fused-ring (bicyclic) bond motifs is 14. The van der Waals surface area contributed by atoms with Crippen LogP contribution in [-0.4, -0.2) is 22.8 Å². The first kappa shape index (κ1) is 52.3. The van der Waals surface area contributed by atoms with E-state index in [-0.39, 0.29) is 0 Å². The lowest BCUT2D eigenvalue weighted by atomic mass is 9.84. The minimum atomic E-state index is -0.738. The number of nitrogens with zero attached hydrogens (tertiary/aromatic N) is 7. The third-order valence-electron chi connectivity index (χ3n) is 19.5. The topological polar surface area (TPSA) is 51.7 Å². The van der Waals surface area contributed by atoms with Crippen molar-refractivity contribution < 1.29 is 0 Å². The summed E-state index contributed by atoms with van der Waals surface area (Å²) in [6.07, 6.45) is 5.09. The zero-order valence-electron chi connectivity index (χ0n) is 50.7. The molecule has 1 aliphatic heterocycles. The van der Waals surface area contributed by atoms with E-state index in [0.717, 1.165) is 155 Å². The van der Waals surface area contributed by atoms with Gasteiger partial charge in [-0.3, -0.25) is 0 Å². The molecule has 6 heterocycles. The number of hydrogen-bond acceptors (Lipinski definition) is 2. The lowest BCUT2D eigenvalue weighted by Crippen LogP contribution is -2.46. The summed E-state index contributed by atoms with van der Waals surface area (Å²) in [5, 5.41) is 23.4. The fraction of sp³-hybridized carbons (Fsp3) is 0.110. The monoisotopic (exact) mass is 1150 g/mol. The van der Waals surface area contributed by atoms with Gasteiger partial charge in [-0.1, -0.05) is 157 Å². The van der Waals surface area contributed by atoms with E-state index < -0.39 is 11.1 Å². The molecule has 0 unspecified atom stereocenters. The van der Waals surface area contributed by atoms with Crippen molar-refractivity contribution in [3.8, 4) is 34.5 Å². The molecule has 0 fully saturated rings. The van der Waals surface area contributed by atoms with Crippen LogP contribution in [0.1, 0.15) is 69.0 Å². The van der Waals surface area contributed by atoms with Crippen molar-refractivity contribution >= 4 is 110 Å². The second kappa shape index (κ2) is 19.2. The molecule has 0 N–H and O–H groups in total. The number of aryl methyl sites for hydroxylation is 1. The average Bonchev–Trinajstić information content (AvgIpc) is 1.53. The standard InChI is InChI=1S/C82H63N7/c1-8-28-51(2)45-71-52(3)56-35-18-23-40-66(56)86(71)80-77-76(81(4,5)89(82(77,6)7)55-33-16-11-17-34-55)78(87-69-43-26-21-38-59(69)63-46-72-61(48-74(63)87)57-36-19-24-41-67(57)84(72)53-29-12-9-13-30-53)65(50-83)79(80)88-70-44-27-22-39-60(70)64-47-73-62(49-75(64)88)58-37-20-25-42-68(58)85(73)54-31-14-10-15-32-54/h8-27,29-49H,1,28H2,2-7H3. The first-order valence-electron chi connectivity index (χ1n) is 30.9. The van der Waals surface area contributed by atoms with Gasteiger partial charge in [0.2, 0.25) is 0 Å². The van der Waals surface area contributed by atoms with Crippen LogP contribution in [0.25, 0.3) is 133 Å². The highest BCUT2D eigenvalue weighted by Crippen LogP contribution is 2.60. The normalized spacial score (nSPS) is 14.0. The van der Waals surface area contributed by atoms with E-state index >= 15 is 0 Å². The molecule has 0 bridgehead atoms. The van der Waals surface area contributed by atoms with Gasteiger partial charge in [0.1, 0.15) is 11.6 Å². The zero-order chi connectivity index (χ0) is 60.2. The fourth-order valence-electron chi connectivity index (χ4n) is 16.2. The van der Waals surface area contributed by atoms with E-state index in [0.29, 0.717) is 5.56 Å². The fourth-order valence-corrected chi connectivity index (χ4v) is 16.2. The summed E-state index contributed by atoms with van der Waals surface area (Å²) in [5.74, 6) is 0. The van der Waals surface area contributed by atoms with Crippen molar-refractivity contribution in [2.24, 2.45) is 0 Å². The number of anilines is 1. The molecule has 89 heavy (non-hydrogen) atoms. The summed E-state index contributed by atoms with van der Waals surface area (Å²) in [6.45, 7) is 18.3. The Labute approximate surface area is 516 Å². The molecule has 16 aromatic rings. The van der Waals surface area contributed by atoms with E-state index in [9.17, 15) is 5.26 Å². The number of aromatic nitrogens is 5. The zero-order valence-corrected chi connectivity index (χ0v) is 50.7. The predicted molar refractivity (Wildman–Crippen MR) is 374 cm³/mol. The van der Waals surface area contributed by atoms with Crippen LogP contribution in [0.4, 0.5) is 5.69 Å². The Morgan fingerprint density at radius 1 is 0.393 bits per heavy atom. The van der Waals surface area contributed by atoms with Gasteiger partial charge in [0, 0.05) is 82.4 Å². The maximum atomic E-state index is 13.2. The van der Waals surface area contributed by atoms with E-state index in [1.54, 1.807) is 0 Å². The van der Waals surface area contributed by atoms with Crippen LogP contribution in [-0.2, 0) is 11.1 Å². The van der Waals surface area contributed by atoms with E-state index in [1.165, 1.54) is 11.1 Å². The Kier molecular flexibility index (Phi) is 11.3. The molecule has 5 aromatic heterocycles. The van der Waals surface area contributed by atoms with Gasteiger partial charge in [-0.05, 0) is 151 Å². The minimum absolute atomic E-state index is 0.578. The number of para-hydroxylation sites is 8. The SMILES string of the molecule is C=CCC(C)=Cc1c(C)c2ccccc2n1-c1c(-n2c3ccccc3c3cc4c(cc32)c2ccccc2n4-c2ccccc2)c(C#N)c(-n2c3ccccc3c3cc4c(cc32)c2ccccc2n4-c2ccccc2)c2c1C(C)(C)N(c1ccccc1)C2(C)C. The Hall–Kier alpha value is -11.1. The van der Waals surface area contributed by atoms with Gasteiger partial charge in [0.05, 0.1) is 77.8 Å². The first-order chi connectivity index (χ1) is 43.5. The van der Waals surface area contributed by atoms with Crippen molar-refractivity contribution in [1.29, 1.82) is 5.26 Å². The smallest absolute Gasteiger partial charge is 0.104 e. The summed E-state index contributed by atoms with van der Waals surface area (Å²) < 4.78 is 12.3. The van der Waals surface area contributed by atoms with Crippen LogP contribution in [0.2, 0.25) is 0 Å². The van der Waals surface area contributed by atoms with E-state index in [1.807, 2.05) is 6.08 Å². The van der Waals surface area contributed by atoms with Crippen LogP contribution in [0.5, 0.6) is 0 Å². The highest BCUT2D eigenvalue weighted by Gasteiger charge is 2.54. The highest BCUT2D eigenvalue weighted by molar-refractivity contribution is 6.21. The Morgan fingerprint density at radius 2 is 0.730 bits per heavy atom. The Balaban J connectivity index is 1.13. The number of rotatable bonds is 9. The molecule has 11 aromatic carbocycles. The first-order valence-corrected chi connectivity index (χ1v) is 30.9. The Bertz CT molecular complexity index is 5750. The van der Waals surface area contributed by atoms with Crippen LogP contribution in [0.3, 0.4) is 0 Å². The van der Waals surface area contributed by atoms with Crippen LogP contribution in [0.15, 0.2) is 255 Å². The molecule has 0 aliphatic carbocycles. The number of hydrogen-bond donors (Lipinski definition) is 0. The molecule has 17 rings (SSSR count). The molecule has 1 aliphatic rings. The number of nitriles is 1. The molecule has 7 nitrogen and oxygen atoms in total. The molecule has 0 spiro atoms. The van der Waals surface area contributed by atoms with E-state index in [4.69, 9.17) is 0 Å². The van der Waals surface area contributed by atoms with Crippen LogP contribution >= 0.6 is 0 Å². The van der Waals surface area contributed by atoms with Gasteiger partial charge in [-0.2, -0.15) is 5.26 Å². The predicted octanol–water partition coefficient (Wildman–Crippen LogP) is 21.2. The van der Waals surface area contributed by atoms with Gasteiger partial charge >= 0.3 is 0 Å². The molecule has 0 saturated carbocycles.